The summed E-state index contributed by atoms with van der Waals surface area (Å²) >= 11 is 1.78. The van der Waals surface area contributed by atoms with E-state index in [1.54, 1.807) is 11.3 Å². The number of nitrogens with zero attached hydrogens (tertiary/aromatic N) is 1. The molecule has 0 radical (unpaired) electrons. The van der Waals surface area contributed by atoms with Crippen LogP contribution < -0.4 is 0 Å². The molecule has 0 amide bonds. The Morgan fingerprint density at radius 3 is 2.88 bits per heavy atom. The molecule has 3 heteroatoms. The Hall–Kier alpha value is -0.670. The molecule has 17 heavy (non-hydrogen) atoms. The van der Waals surface area contributed by atoms with Crippen LogP contribution in [0.1, 0.15) is 38.0 Å². The van der Waals surface area contributed by atoms with Gasteiger partial charge in [0.15, 0.2) is 0 Å². The van der Waals surface area contributed by atoms with E-state index in [1.165, 1.54) is 17.7 Å². The second-order valence-corrected chi connectivity index (χ2v) is 6.02. The summed E-state index contributed by atoms with van der Waals surface area (Å²) in [6.07, 6.45) is 3.48. The molecule has 0 aromatic carbocycles. The second-order valence-electron chi connectivity index (χ2n) is 4.99. The predicted molar refractivity (Wildman–Crippen MR) is 72.2 cm³/mol. The van der Waals surface area contributed by atoms with Gasteiger partial charge in [-0.3, -0.25) is 9.69 Å². The summed E-state index contributed by atoms with van der Waals surface area (Å²) in [5.74, 6) is 0.607. The first kappa shape index (κ1) is 12.8. The number of carbonyl (C=O) groups excluding carboxylic acids is 1. The summed E-state index contributed by atoms with van der Waals surface area (Å²) < 4.78 is 0. The van der Waals surface area contributed by atoms with Crippen molar-refractivity contribution < 1.29 is 4.79 Å². The standard InChI is InChI=1S/C14H21NOS/c1-3-11(2)14(16)10-15(12-6-7-12)9-13-5-4-8-17-13/h4-5,8,11-12H,3,6-7,9-10H2,1-2H3. The van der Waals surface area contributed by atoms with Gasteiger partial charge in [0.05, 0.1) is 6.54 Å². The number of rotatable bonds is 7. The van der Waals surface area contributed by atoms with Crippen molar-refractivity contribution in [1.29, 1.82) is 0 Å². The van der Waals surface area contributed by atoms with Crippen LogP contribution in [0.3, 0.4) is 0 Å². The Labute approximate surface area is 108 Å². The Morgan fingerprint density at radius 2 is 2.35 bits per heavy atom. The first-order chi connectivity index (χ1) is 8.20. The topological polar surface area (TPSA) is 20.3 Å². The maximum Gasteiger partial charge on any atom is 0.149 e. The van der Waals surface area contributed by atoms with Gasteiger partial charge in [0.1, 0.15) is 5.78 Å². The average Bonchev–Trinajstić information content (AvgIpc) is 3.06. The van der Waals surface area contributed by atoms with Crippen molar-refractivity contribution in [2.24, 2.45) is 5.92 Å². The van der Waals surface area contributed by atoms with E-state index in [4.69, 9.17) is 0 Å². The molecule has 1 saturated carbocycles. The van der Waals surface area contributed by atoms with Crippen molar-refractivity contribution >= 4 is 17.1 Å². The van der Waals surface area contributed by atoms with Crippen molar-refractivity contribution in [3.63, 3.8) is 0 Å². The van der Waals surface area contributed by atoms with Crippen molar-refractivity contribution in [3.05, 3.63) is 22.4 Å². The van der Waals surface area contributed by atoms with Crippen LogP contribution in [0.4, 0.5) is 0 Å². The lowest BCUT2D eigenvalue weighted by Crippen LogP contribution is -2.33. The zero-order valence-corrected chi connectivity index (χ0v) is 11.5. The van der Waals surface area contributed by atoms with E-state index < -0.39 is 0 Å². The second kappa shape index (κ2) is 5.78. The fraction of sp³-hybridized carbons (Fsp3) is 0.643. The van der Waals surface area contributed by atoms with Crippen molar-refractivity contribution in [3.8, 4) is 0 Å². The molecular formula is C14H21NOS. The molecule has 0 spiro atoms. The molecule has 1 aromatic rings. The minimum absolute atomic E-state index is 0.208. The summed E-state index contributed by atoms with van der Waals surface area (Å²) in [7, 11) is 0. The van der Waals surface area contributed by atoms with Gasteiger partial charge in [0.2, 0.25) is 0 Å². The number of hydrogen-bond donors (Lipinski definition) is 0. The van der Waals surface area contributed by atoms with Gasteiger partial charge in [-0.1, -0.05) is 19.9 Å². The zero-order valence-electron chi connectivity index (χ0n) is 10.7. The molecule has 1 atom stereocenters. The summed E-state index contributed by atoms with van der Waals surface area (Å²) in [5.41, 5.74) is 0. The SMILES string of the molecule is CCC(C)C(=O)CN(Cc1cccs1)C1CC1. The molecule has 0 saturated heterocycles. The van der Waals surface area contributed by atoms with Crippen LogP contribution in [0.25, 0.3) is 0 Å². The van der Waals surface area contributed by atoms with E-state index in [2.05, 4.69) is 29.3 Å². The highest BCUT2D eigenvalue weighted by Gasteiger charge is 2.31. The number of ketones is 1. The molecule has 1 heterocycles. The highest BCUT2D eigenvalue weighted by atomic mass is 32.1. The monoisotopic (exact) mass is 251 g/mol. The Balaban J connectivity index is 1.91. The van der Waals surface area contributed by atoms with Gasteiger partial charge in [-0.15, -0.1) is 11.3 Å². The average molecular weight is 251 g/mol. The molecule has 2 nitrogen and oxygen atoms in total. The molecule has 1 fully saturated rings. The molecule has 0 bridgehead atoms. The first-order valence-electron chi connectivity index (χ1n) is 6.49. The quantitative estimate of drug-likeness (QED) is 0.741. The third kappa shape index (κ3) is 3.65. The van der Waals surface area contributed by atoms with Gasteiger partial charge in [-0.25, -0.2) is 0 Å². The fourth-order valence-corrected chi connectivity index (χ4v) is 2.67. The van der Waals surface area contributed by atoms with Crippen LogP contribution in [-0.2, 0) is 11.3 Å². The van der Waals surface area contributed by atoms with Gasteiger partial charge in [0, 0.05) is 23.4 Å². The molecule has 0 aliphatic heterocycles. The third-order valence-corrected chi connectivity index (χ3v) is 4.38. The lowest BCUT2D eigenvalue weighted by molar-refractivity contribution is -0.123. The van der Waals surface area contributed by atoms with Gasteiger partial charge < -0.3 is 0 Å². The predicted octanol–water partition coefficient (Wildman–Crippen LogP) is 3.33. The van der Waals surface area contributed by atoms with Crippen LogP contribution in [0.5, 0.6) is 0 Å². The van der Waals surface area contributed by atoms with E-state index >= 15 is 0 Å². The molecule has 1 aliphatic carbocycles. The minimum Gasteiger partial charge on any atom is -0.298 e. The molecular weight excluding hydrogens is 230 g/mol. The van der Waals surface area contributed by atoms with Crippen LogP contribution in [0.2, 0.25) is 0 Å². The fourth-order valence-electron chi connectivity index (χ4n) is 1.94. The van der Waals surface area contributed by atoms with Crippen LogP contribution in [0, 0.1) is 5.92 Å². The van der Waals surface area contributed by atoms with Crippen molar-refractivity contribution in [2.75, 3.05) is 6.54 Å². The smallest absolute Gasteiger partial charge is 0.149 e. The minimum atomic E-state index is 0.208. The van der Waals surface area contributed by atoms with Crippen molar-refractivity contribution in [2.45, 2.75) is 45.7 Å². The summed E-state index contributed by atoms with van der Waals surface area (Å²) in [5, 5.41) is 2.11. The maximum absolute atomic E-state index is 12.0. The summed E-state index contributed by atoms with van der Waals surface area (Å²) in [6, 6.07) is 4.90. The van der Waals surface area contributed by atoms with E-state index in [0.29, 0.717) is 18.4 Å². The Morgan fingerprint density at radius 1 is 1.59 bits per heavy atom. The third-order valence-electron chi connectivity index (χ3n) is 3.52. The van der Waals surface area contributed by atoms with E-state index in [9.17, 15) is 4.79 Å². The van der Waals surface area contributed by atoms with Gasteiger partial charge in [-0.05, 0) is 30.7 Å². The van der Waals surface area contributed by atoms with Crippen LogP contribution in [-0.4, -0.2) is 23.3 Å². The Bertz CT molecular complexity index is 356. The molecule has 1 aliphatic rings. The van der Waals surface area contributed by atoms with Gasteiger partial charge in [0.25, 0.3) is 0 Å². The number of thiophene rings is 1. The van der Waals surface area contributed by atoms with Crippen molar-refractivity contribution in [1.82, 2.24) is 4.90 Å². The van der Waals surface area contributed by atoms with E-state index in [-0.39, 0.29) is 5.92 Å². The highest BCUT2D eigenvalue weighted by molar-refractivity contribution is 7.09. The largest absolute Gasteiger partial charge is 0.298 e. The molecule has 2 rings (SSSR count). The molecule has 0 N–H and O–H groups in total. The van der Waals surface area contributed by atoms with E-state index in [0.717, 1.165) is 13.0 Å². The molecule has 1 unspecified atom stereocenters. The molecule has 94 valence electrons. The number of Topliss-reactive ketones (excluding diaryl/α,β-unsaturated/α-hetero) is 1. The van der Waals surface area contributed by atoms with E-state index in [1.807, 2.05) is 6.92 Å². The Kier molecular flexibility index (Phi) is 4.35. The number of hydrogen-bond acceptors (Lipinski definition) is 3. The summed E-state index contributed by atoms with van der Waals surface area (Å²) in [4.78, 5) is 15.7. The van der Waals surface area contributed by atoms with Gasteiger partial charge in [-0.2, -0.15) is 0 Å². The normalized spacial score (nSPS) is 17.4. The summed E-state index contributed by atoms with van der Waals surface area (Å²) in [6.45, 7) is 5.71. The maximum atomic E-state index is 12.0. The van der Waals surface area contributed by atoms with Crippen LogP contribution in [0.15, 0.2) is 17.5 Å². The lowest BCUT2D eigenvalue weighted by Gasteiger charge is -2.21. The van der Waals surface area contributed by atoms with Crippen LogP contribution >= 0.6 is 11.3 Å². The number of carbonyl (C=O) groups is 1. The molecule has 1 aromatic heterocycles. The first-order valence-corrected chi connectivity index (χ1v) is 7.37. The zero-order chi connectivity index (χ0) is 12.3. The highest BCUT2D eigenvalue weighted by Crippen LogP contribution is 2.29. The van der Waals surface area contributed by atoms with Gasteiger partial charge >= 0.3 is 0 Å². The lowest BCUT2D eigenvalue weighted by atomic mass is 10.0.